The number of thioether (sulfide) groups is 1. The maximum atomic E-state index is 11.7. The molecule has 0 heterocycles. The van der Waals surface area contributed by atoms with Crippen LogP contribution in [0.5, 0.6) is 0 Å². The molecule has 4 nitrogen and oxygen atoms in total. The summed E-state index contributed by atoms with van der Waals surface area (Å²) in [7, 11) is 2.88. The van der Waals surface area contributed by atoms with Gasteiger partial charge in [0.1, 0.15) is 6.54 Å². The maximum absolute atomic E-state index is 11.7. The fourth-order valence-corrected chi connectivity index (χ4v) is 2.46. The number of amides is 1. The summed E-state index contributed by atoms with van der Waals surface area (Å²) in [5.41, 5.74) is 1.07. The smallest absolute Gasteiger partial charge is 0.325 e. The summed E-state index contributed by atoms with van der Waals surface area (Å²) in [4.78, 5) is 24.1. The van der Waals surface area contributed by atoms with Gasteiger partial charge in [-0.2, -0.15) is 0 Å². The predicted octanol–water partition coefficient (Wildman–Crippen LogP) is 2.20. The van der Waals surface area contributed by atoms with Crippen LogP contribution >= 0.6 is 23.4 Å². The van der Waals surface area contributed by atoms with E-state index < -0.39 is 5.97 Å². The van der Waals surface area contributed by atoms with Crippen molar-refractivity contribution >= 4 is 35.2 Å². The van der Waals surface area contributed by atoms with Crippen molar-refractivity contribution in [2.24, 2.45) is 0 Å². The van der Waals surface area contributed by atoms with Gasteiger partial charge in [-0.25, -0.2) is 0 Å². The third kappa shape index (κ3) is 5.98. The van der Waals surface area contributed by atoms with Gasteiger partial charge in [0.05, 0.1) is 12.9 Å². The lowest BCUT2D eigenvalue weighted by Crippen LogP contribution is -2.33. The van der Waals surface area contributed by atoms with E-state index in [0.29, 0.717) is 16.5 Å². The van der Waals surface area contributed by atoms with Crippen molar-refractivity contribution in [2.75, 3.05) is 26.5 Å². The number of rotatable bonds is 6. The zero-order valence-corrected chi connectivity index (χ0v) is 12.5. The van der Waals surface area contributed by atoms with Crippen LogP contribution in [0, 0.1) is 0 Å². The fourth-order valence-electron chi connectivity index (χ4n) is 1.34. The van der Waals surface area contributed by atoms with Gasteiger partial charge in [0.2, 0.25) is 5.91 Å². The third-order valence-electron chi connectivity index (χ3n) is 2.40. The van der Waals surface area contributed by atoms with Gasteiger partial charge in [-0.15, -0.1) is 11.8 Å². The normalized spacial score (nSPS) is 10.1. The van der Waals surface area contributed by atoms with Crippen molar-refractivity contribution in [2.45, 2.75) is 5.75 Å². The van der Waals surface area contributed by atoms with E-state index in [4.69, 9.17) is 11.6 Å². The number of nitrogens with zero attached hydrogens (tertiary/aromatic N) is 1. The van der Waals surface area contributed by atoms with Crippen molar-refractivity contribution in [3.8, 4) is 0 Å². The van der Waals surface area contributed by atoms with Crippen LogP contribution in [0.1, 0.15) is 5.56 Å². The Balaban J connectivity index is 2.32. The molecule has 0 saturated carbocycles. The first-order valence-electron chi connectivity index (χ1n) is 5.66. The van der Waals surface area contributed by atoms with Gasteiger partial charge in [0.25, 0.3) is 0 Å². The van der Waals surface area contributed by atoms with E-state index in [1.165, 1.54) is 23.8 Å². The number of benzene rings is 1. The minimum Gasteiger partial charge on any atom is -0.468 e. The second-order valence-corrected chi connectivity index (χ2v) is 5.37. The molecule has 0 bridgehead atoms. The second-order valence-electron chi connectivity index (χ2n) is 3.95. The number of hydrogen-bond acceptors (Lipinski definition) is 4. The monoisotopic (exact) mass is 301 g/mol. The number of likely N-dealkylation sites (N-methyl/N-ethyl adjacent to an activating group) is 1. The molecule has 0 radical (unpaired) electrons. The summed E-state index contributed by atoms with van der Waals surface area (Å²) in [6.07, 6.45) is 0. The number of carbonyl (C=O) groups is 2. The van der Waals surface area contributed by atoms with Crippen LogP contribution in [0.2, 0.25) is 5.02 Å². The molecular weight excluding hydrogens is 286 g/mol. The average Bonchev–Trinajstić information content (AvgIpc) is 2.38. The molecule has 0 saturated heterocycles. The number of esters is 1. The van der Waals surface area contributed by atoms with Gasteiger partial charge in [-0.1, -0.05) is 23.7 Å². The molecular formula is C13H16ClNO3S. The Labute approximate surface area is 122 Å². The Hall–Kier alpha value is -1.20. The Morgan fingerprint density at radius 2 is 2.16 bits per heavy atom. The highest BCUT2D eigenvalue weighted by Gasteiger charge is 2.12. The zero-order valence-electron chi connectivity index (χ0n) is 10.9. The van der Waals surface area contributed by atoms with Gasteiger partial charge >= 0.3 is 5.97 Å². The molecule has 0 N–H and O–H groups in total. The number of carbonyl (C=O) groups excluding carboxylic acids is 2. The molecule has 0 fully saturated rings. The molecule has 1 aromatic rings. The zero-order chi connectivity index (χ0) is 14.3. The molecule has 19 heavy (non-hydrogen) atoms. The average molecular weight is 302 g/mol. The highest BCUT2D eigenvalue weighted by atomic mass is 35.5. The summed E-state index contributed by atoms with van der Waals surface area (Å²) in [6.45, 7) is -0.0208. The van der Waals surface area contributed by atoms with Gasteiger partial charge in [-0.3, -0.25) is 9.59 Å². The van der Waals surface area contributed by atoms with E-state index in [0.717, 1.165) is 5.56 Å². The molecule has 1 aromatic carbocycles. The fraction of sp³-hybridized carbons (Fsp3) is 0.385. The Kier molecular flexibility index (Phi) is 6.73. The topological polar surface area (TPSA) is 46.6 Å². The Morgan fingerprint density at radius 1 is 1.42 bits per heavy atom. The summed E-state index contributed by atoms with van der Waals surface area (Å²) in [5.74, 6) is 0.506. The van der Waals surface area contributed by atoms with Gasteiger partial charge in [-0.05, 0) is 17.7 Å². The Morgan fingerprint density at radius 3 is 2.79 bits per heavy atom. The highest BCUT2D eigenvalue weighted by molar-refractivity contribution is 7.99. The van der Waals surface area contributed by atoms with Crippen LogP contribution < -0.4 is 0 Å². The van der Waals surface area contributed by atoms with Gasteiger partial charge in [0.15, 0.2) is 0 Å². The minimum absolute atomic E-state index is 0.0208. The number of halogens is 1. The first kappa shape index (κ1) is 15.9. The van der Waals surface area contributed by atoms with Gasteiger partial charge < -0.3 is 9.64 Å². The van der Waals surface area contributed by atoms with E-state index in [1.54, 1.807) is 7.05 Å². The number of hydrogen-bond donors (Lipinski definition) is 0. The highest BCUT2D eigenvalue weighted by Crippen LogP contribution is 2.16. The van der Waals surface area contributed by atoms with Crippen LogP contribution in [0.15, 0.2) is 24.3 Å². The summed E-state index contributed by atoms with van der Waals surface area (Å²) in [5, 5.41) is 0.687. The molecule has 0 aliphatic heterocycles. The van der Waals surface area contributed by atoms with E-state index in [2.05, 4.69) is 4.74 Å². The molecule has 0 unspecified atom stereocenters. The molecule has 0 aliphatic rings. The van der Waals surface area contributed by atoms with Crippen LogP contribution in [0.3, 0.4) is 0 Å². The van der Waals surface area contributed by atoms with E-state index >= 15 is 0 Å². The molecule has 6 heteroatoms. The lowest BCUT2D eigenvalue weighted by molar-refractivity contribution is -0.145. The lowest BCUT2D eigenvalue weighted by atomic mass is 10.2. The Bertz CT molecular complexity index is 453. The molecule has 0 spiro atoms. The SMILES string of the molecule is COC(=O)CN(C)C(=O)CSCc1cccc(Cl)c1. The van der Waals surface area contributed by atoms with Crippen molar-refractivity contribution in [1.82, 2.24) is 4.90 Å². The van der Waals surface area contributed by atoms with Gasteiger partial charge in [0, 0.05) is 17.8 Å². The van der Waals surface area contributed by atoms with Crippen molar-refractivity contribution in [1.29, 1.82) is 0 Å². The molecule has 0 atom stereocenters. The lowest BCUT2D eigenvalue weighted by Gasteiger charge is -2.15. The molecule has 1 amide bonds. The molecule has 1 rings (SSSR count). The standard InChI is InChI=1S/C13H16ClNO3S/c1-15(7-13(17)18-2)12(16)9-19-8-10-4-3-5-11(14)6-10/h3-6H,7-9H2,1-2H3. The summed E-state index contributed by atoms with van der Waals surface area (Å²) in [6, 6.07) is 7.52. The number of methoxy groups -OCH3 is 1. The molecule has 0 aromatic heterocycles. The molecule has 0 aliphatic carbocycles. The predicted molar refractivity (Wildman–Crippen MR) is 77.3 cm³/mol. The van der Waals surface area contributed by atoms with E-state index in [1.807, 2.05) is 24.3 Å². The summed E-state index contributed by atoms with van der Waals surface area (Å²) >= 11 is 7.36. The van der Waals surface area contributed by atoms with Crippen LogP contribution in [0.25, 0.3) is 0 Å². The van der Waals surface area contributed by atoms with Crippen LogP contribution in [-0.4, -0.2) is 43.2 Å². The first-order valence-corrected chi connectivity index (χ1v) is 7.19. The van der Waals surface area contributed by atoms with Crippen molar-refractivity contribution < 1.29 is 14.3 Å². The maximum Gasteiger partial charge on any atom is 0.325 e. The third-order valence-corrected chi connectivity index (χ3v) is 3.63. The van der Waals surface area contributed by atoms with Crippen molar-refractivity contribution in [3.63, 3.8) is 0 Å². The van der Waals surface area contributed by atoms with Crippen LogP contribution in [-0.2, 0) is 20.1 Å². The first-order chi connectivity index (χ1) is 9.02. The quantitative estimate of drug-likeness (QED) is 0.756. The van der Waals surface area contributed by atoms with E-state index in [-0.39, 0.29) is 12.5 Å². The largest absolute Gasteiger partial charge is 0.468 e. The summed E-state index contributed by atoms with van der Waals surface area (Å²) < 4.78 is 4.50. The second kappa shape index (κ2) is 8.07. The minimum atomic E-state index is -0.421. The number of ether oxygens (including phenoxy) is 1. The van der Waals surface area contributed by atoms with Crippen molar-refractivity contribution in [3.05, 3.63) is 34.9 Å². The van der Waals surface area contributed by atoms with Crippen LogP contribution in [0.4, 0.5) is 0 Å². The molecule has 104 valence electrons. The van der Waals surface area contributed by atoms with E-state index in [9.17, 15) is 9.59 Å².